The number of rotatable bonds is 6. The summed E-state index contributed by atoms with van der Waals surface area (Å²) in [7, 11) is 0. The topological polar surface area (TPSA) is 26.3 Å². The Hall–Kier alpha value is -0.960. The predicted molar refractivity (Wildman–Crippen MR) is 143 cm³/mol. The Kier molecular flexibility index (Phi) is 17.3. The van der Waals surface area contributed by atoms with Crippen molar-refractivity contribution in [3.63, 3.8) is 0 Å². The van der Waals surface area contributed by atoms with Crippen LogP contribution in [-0.2, 0) is 10.2 Å². The van der Waals surface area contributed by atoms with Crippen molar-refractivity contribution in [2.45, 2.75) is 125 Å². The molecule has 0 N–H and O–H groups in total. The first-order valence-electron chi connectivity index (χ1n) is 12.6. The average molecular weight is 453 g/mol. The second kappa shape index (κ2) is 16.6. The first-order chi connectivity index (χ1) is 14.6. The molecule has 0 aromatic heterocycles. The lowest BCUT2D eigenvalue weighted by Crippen LogP contribution is -2.32. The van der Waals surface area contributed by atoms with Gasteiger partial charge in [0.2, 0.25) is 0 Å². The zero-order valence-corrected chi connectivity index (χ0v) is 23.4. The van der Waals surface area contributed by atoms with E-state index in [1.54, 1.807) is 0 Å². The van der Waals surface area contributed by atoms with E-state index >= 15 is 0 Å². The van der Waals surface area contributed by atoms with Crippen LogP contribution >= 0.6 is 12.6 Å². The number of hydrogen-bond acceptors (Lipinski definition) is 3. The molecule has 1 fully saturated rings. The molecule has 0 heterocycles. The third kappa shape index (κ3) is 12.0. The van der Waals surface area contributed by atoms with Crippen molar-refractivity contribution in [3.8, 4) is 5.75 Å². The van der Waals surface area contributed by atoms with Crippen molar-refractivity contribution in [3.05, 3.63) is 29.8 Å². The molecule has 1 aromatic rings. The van der Waals surface area contributed by atoms with Crippen molar-refractivity contribution < 1.29 is 9.53 Å². The highest BCUT2D eigenvalue weighted by molar-refractivity contribution is 7.80. The molecule has 0 aliphatic heterocycles. The highest BCUT2D eigenvalue weighted by atomic mass is 32.1. The largest absolute Gasteiger partial charge is 0.426 e. The molecule has 3 heteroatoms. The van der Waals surface area contributed by atoms with Gasteiger partial charge in [-0.2, -0.15) is 12.6 Å². The van der Waals surface area contributed by atoms with Crippen molar-refractivity contribution >= 4 is 18.6 Å². The van der Waals surface area contributed by atoms with Gasteiger partial charge in [-0.15, -0.1) is 0 Å². The van der Waals surface area contributed by atoms with E-state index < -0.39 is 0 Å². The molecule has 2 nitrogen and oxygen atoms in total. The van der Waals surface area contributed by atoms with Gasteiger partial charge >= 0.3 is 5.97 Å². The third-order valence-corrected chi connectivity index (χ3v) is 6.15. The van der Waals surface area contributed by atoms with Gasteiger partial charge in [-0.3, -0.25) is 4.79 Å². The first kappa shape index (κ1) is 32.2. The first-order valence-corrected chi connectivity index (χ1v) is 13.1. The van der Waals surface area contributed by atoms with Gasteiger partial charge in [0, 0.05) is 0 Å². The summed E-state index contributed by atoms with van der Waals surface area (Å²) in [4.78, 5) is 12.2. The summed E-state index contributed by atoms with van der Waals surface area (Å²) >= 11 is 4.37. The van der Waals surface area contributed by atoms with Crippen LogP contribution in [0.25, 0.3) is 0 Å². The van der Waals surface area contributed by atoms with Crippen molar-refractivity contribution in [2.24, 2.45) is 11.3 Å². The van der Waals surface area contributed by atoms with E-state index in [0.717, 1.165) is 12.8 Å². The van der Waals surface area contributed by atoms with Crippen LogP contribution < -0.4 is 4.74 Å². The summed E-state index contributed by atoms with van der Waals surface area (Å²) in [5, 5.41) is 0.316. The fourth-order valence-corrected chi connectivity index (χ4v) is 3.67. The molecule has 1 aromatic carbocycles. The third-order valence-electron chi connectivity index (χ3n) is 5.90. The highest BCUT2D eigenvalue weighted by Crippen LogP contribution is 2.46. The molecule has 1 saturated carbocycles. The summed E-state index contributed by atoms with van der Waals surface area (Å²) in [6.45, 7) is 23.1. The van der Waals surface area contributed by atoms with E-state index in [-0.39, 0.29) is 17.3 Å². The summed E-state index contributed by atoms with van der Waals surface area (Å²) in [6.07, 6.45) is 6.71. The van der Waals surface area contributed by atoms with Gasteiger partial charge < -0.3 is 4.74 Å². The van der Waals surface area contributed by atoms with Gasteiger partial charge in [0.25, 0.3) is 0 Å². The fourth-order valence-electron chi connectivity index (χ4n) is 3.52. The minimum Gasteiger partial charge on any atom is -0.426 e. The molecule has 0 amide bonds. The van der Waals surface area contributed by atoms with Crippen LogP contribution in [-0.4, -0.2) is 11.2 Å². The molecule has 31 heavy (non-hydrogen) atoms. The Labute approximate surface area is 200 Å². The zero-order chi connectivity index (χ0) is 24.7. The lowest BCUT2D eigenvalue weighted by molar-refractivity contribution is -0.138. The van der Waals surface area contributed by atoms with Crippen molar-refractivity contribution in [1.82, 2.24) is 0 Å². The van der Waals surface area contributed by atoms with Crippen LogP contribution in [0.3, 0.4) is 0 Å². The molecule has 1 aliphatic rings. The Balaban J connectivity index is 0. The normalized spacial score (nSPS) is 17.8. The molecular weight excluding hydrogens is 400 g/mol. The Morgan fingerprint density at radius 3 is 1.74 bits per heavy atom. The Bertz CT molecular complexity index is 565. The number of ether oxygens (including phenoxy) is 1. The predicted octanol–water partition coefficient (Wildman–Crippen LogP) is 9.26. The highest BCUT2D eigenvalue weighted by Gasteiger charge is 2.35. The zero-order valence-electron chi connectivity index (χ0n) is 22.5. The lowest BCUT2D eigenvalue weighted by atomic mass is 9.63. The Morgan fingerprint density at radius 2 is 1.32 bits per heavy atom. The Morgan fingerprint density at radius 1 is 0.871 bits per heavy atom. The van der Waals surface area contributed by atoms with Gasteiger partial charge in [-0.05, 0) is 72.3 Å². The number of carbonyl (C=O) groups is 1. The van der Waals surface area contributed by atoms with Gasteiger partial charge in [0.15, 0.2) is 0 Å². The quantitative estimate of drug-likeness (QED) is 0.264. The average Bonchev–Trinajstić information content (AvgIpc) is 2.79. The molecule has 1 aliphatic carbocycles. The molecule has 2 unspecified atom stereocenters. The summed E-state index contributed by atoms with van der Waals surface area (Å²) in [5.74, 6) is 0.416. The number of benzene rings is 1. The van der Waals surface area contributed by atoms with Crippen molar-refractivity contribution in [1.29, 1.82) is 0 Å². The number of carbonyl (C=O) groups excluding carboxylic acids is 1. The van der Waals surface area contributed by atoms with E-state index in [0.29, 0.717) is 16.4 Å². The number of esters is 1. The maximum atomic E-state index is 12.2. The molecule has 0 radical (unpaired) electrons. The van der Waals surface area contributed by atoms with Gasteiger partial charge in [-0.1, -0.05) is 88.3 Å². The maximum Gasteiger partial charge on any atom is 0.314 e. The lowest BCUT2D eigenvalue weighted by Gasteiger charge is -2.41. The second-order valence-electron chi connectivity index (χ2n) is 9.00. The monoisotopic (exact) mass is 452 g/mol. The number of thiol groups is 1. The second-order valence-corrected chi connectivity index (χ2v) is 9.88. The van der Waals surface area contributed by atoms with E-state index in [1.165, 1.54) is 31.2 Å². The summed E-state index contributed by atoms with van der Waals surface area (Å²) in [5.41, 5.74) is 2.07. The van der Waals surface area contributed by atoms with Crippen LogP contribution in [0.2, 0.25) is 0 Å². The van der Waals surface area contributed by atoms with Gasteiger partial charge in [0.05, 0.1) is 5.92 Å². The van der Waals surface area contributed by atoms with Gasteiger partial charge in [-0.25, -0.2) is 0 Å². The minimum absolute atomic E-state index is 0.0904. The summed E-state index contributed by atoms with van der Waals surface area (Å²) in [6, 6.07) is 8.18. The van der Waals surface area contributed by atoms with Crippen molar-refractivity contribution in [2.75, 3.05) is 0 Å². The van der Waals surface area contributed by atoms with E-state index in [9.17, 15) is 4.79 Å². The van der Waals surface area contributed by atoms with Crippen LogP contribution in [0.4, 0.5) is 0 Å². The molecule has 0 bridgehead atoms. The van der Waals surface area contributed by atoms with E-state index in [1.807, 2.05) is 67.5 Å². The maximum absolute atomic E-state index is 12.2. The van der Waals surface area contributed by atoms with E-state index in [4.69, 9.17) is 4.74 Å². The van der Waals surface area contributed by atoms with Gasteiger partial charge in [0.1, 0.15) is 5.75 Å². The molecular formula is C28H52O2S. The fraction of sp³-hybridized carbons (Fsp3) is 0.750. The van der Waals surface area contributed by atoms with Crippen LogP contribution in [0, 0.1) is 11.3 Å². The smallest absolute Gasteiger partial charge is 0.314 e. The van der Waals surface area contributed by atoms with Crippen LogP contribution in [0.15, 0.2) is 24.3 Å². The molecule has 2 rings (SSSR count). The molecule has 182 valence electrons. The van der Waals surface area contributed by atoms with Crippen LogP contribution in [0.5, 0.6) is 5.75 Å². The minimum atomic E-state index is -0.146. The van der Waals surface area contributed by atoms with E-state index in [2.05, 4.69) is 45.5 Å². The summed E-state index contributed by atoms with van der Waals surface area (Å²) < 4.78 is 5.55. The molecule has 0 saturated heterocycles. The SMILES string of the molecule is CC.CC.CC.CC(S)CCC(C)C(=O)Oc1ccc(C2(C)CCC(C)(C)CC2)cc1. The van der Waals surface area contributed by atoms with Crippen LogP contribution in [0.1, 0.15) is 120 Å². The standard InChI is InChI=1S/C22H34O2S.3C2H6/c1-16(6-7-17(2)25)20(23)24-19-10-8-18(9-11-19)22(5)14-12-21(3,4)13-15-22;3*1-2/h8-11,16-17,25H,6-7,12-15H2,1-5H3;3*1-2H3. The molecule has 0 spiro atoms. The molecule has 2 atom stereocenters. The number of hydrogen-bond donors (Lipinski definition) is 1.